The van der Waals surface area contributed by atoms with E-state index in [1.54, 1.807) is 17.6 Å². The zero-order valence-corrected chi connectivity index (χ0v) is 10.4. The summed E-state index contributed by atoms with van der Waals surface area (Å²) in [6.45, 7) is 0. The third-order valence-electron chi connectivity index (χ3n) is 2.54. The van der Waals surface area contributed by atoms with Gasteiger partial charge in [0.2, 0.25) is 5.13 Å². The summed E-state index contributed by atoms with van der Waals surface area (Å²) in [6.07, 6.45) is 1.80. The highest BCUT2D eigenvalue weighted by atomic mass is 32.1. The molecule has 0 fully saturated rings. The fraction of sp³-hybridized carbons (Fsp3) is 0. The lowest BCUT2D eigenvalue weighted by atomic mass is 10.2. The number of aromatic nitrogens is 1. The lowest BCUT2D eigenvalue weighted by molar-refractivity contribution is 1.41. The Kier molecular flexibility index (Phi) is 2.78. The summed E-state index contributed by atoms with van der Waals surface area (Å²) in [6, 6.07) is 15.6. The predicted molar refractivity (Wildman–Crippen MR) is 77.7 cm³/mol. The van der Waals surface area contributed by atoms with Gasteiger partial charge in [-0.3, -0.25) is 0 Å². The summed E-state index contributed by atoms with van der Waals surface area (Å²) in [7, 11) is 0. The average Bonchev–Trinajstić information content (AvgIpc) is 2.81. The first-order valence-corrected chi connectivity index (χ1v) is 6.38. The second kappa shape index (κ2) is 4.58. The molecule has 0 saturated carbocycles. The van der Waals surface area contributed by atoms with Gasteiger partial charge in [0.05, 0.1) is 10.2 Å². The van der Waals surface area contributed by atoms with Crippen molar-refractivity contribution < 1.29 is 0 Å². The molecule has 18 heavy (non-hydrogen) atoms. The van der Waals surface area contributed by atoms with Crippen molar-refractivity contribution in [3.05, 3.63) is 54.1 Å². The number of aliphatic imine (C=N–C) groups is 1. The molecule has 0 spiro atoms. The molecule has 2 aromatic carbocycles. The molecule has 0 aliphatic heterocycles. The number of nitrogens with zero attached hydrogens (tertiary/aromatic N) is 2. The van der Waals surface area contributed by atoms with E-state index in [9.17, 15) is 0 Å². The third kappa shape index (κ3) is 2.24. The van der Waals surface area contributed by atoms with Crippen molar-refractivity contribution in [2.24, 2.45) is 4.99 Å². The Morgan fingerprint density at radius 2 is 1.83 bits per heavy atom. The van der Waals surface area contributed by atoms with Gasteiger partial charge < -0.3 is 5.73 Å². The van der Waals surface area contributed by atoms with Crippen molar-refractivity contribution in [3.8, 4) is 0 Å². The fourth-order valence-corrected chi connectivity index (χ4v) is 2.44. The van der Waals surface area contributed by atoms with Gasteiger partial charge in [0.15, 0.2) is 0 Å². The van der Waals surface area contributed by atoms with Crippen molar-refractivity contribution >= 4 is 38.6 Å². The molecule has 2 N–H and O–H groups in total. The highest BCUT2D eigenvalue weighted by molar-refractivity contribution is 7.22. The Morgan fingerprint density at radius 3 is 2.61 bits per heavy atom. The van der Waals surface area contributed by atoms with Crippen LogP contribution < -0.4 is 5.73 Å². The zero-order valence-electron chi connectivity index (χ0n) is 9.58. The van der Waals surface area contributed by atoms with Crippen LogP contribution in [0.4, 0.5) is 10.8 Å². The summed E-state index contributed by atoms with van der Waals surface area (Å²) in [5.74, 6) is 0. The summed E-state index contributed by atoms with van der Waals surface area (Å²) in [5, 5.41) is 0.771. The number of nitrogens with two attached hydrogens (primary N) is 1. The van der Waals surface area contributed by atoms with Gasteiger partial charge in [-0.05, 0) is 29.8 Å². The third-order valence-corrected chi connectivity index (χ3v) is 3.49. The number of hydrogen-bond acceptors (Lipinski definition) is 4. The van der Waals surface area contributed by atoms with E-state index in [0.29, 0.717) is 0 Å². The molecule has 0 bridgehead atoms. The van der Waals surface area contributed by atoms with E-state index in [0.717, 1.165) is 26.6 Å². The summed E-state index contributed by atoms with van der Waals surface area (Å²) >= 11 is 1.59. The Labute approximate surface area is 109 Å². The zero-order chi connectivity index (χ0) is 12.4. The van der Waals surface area contributed by atoms with Crippen LogP contribution >= 0.6 is 11.3 Å². The molecule has 0 amide bonds. The van der Waals surface area contributed by atoms with Gasteiger partial charge in [0.25, 0.3) is 0 Å². The summed E-state index contributed by atoms with van der Waals surface area (Å²) < 4.78 is 1.15. The first-order chi connectivity index (χ1) is 8.81. The minimum Gasteiger partial charge on any atom is -0.399 e. The fourth-order valence-electron chi connectivity index (χ4n) is 1.63. The maximum absolute atomic E-state index is 5.63. The Balaban J connectivity index is 1.89. The highest BCUT2D eigenvalue weighted by Crippen LogP contribution is 2.27. The van der Waals surface area contributed by atoms with Crippen molar-refractivity contribution in [1.82, 2.24) is 4.98 Å². The van der Waals surface area contributed by atoms with Gasteiger partial charge in [-0.2, -0.15) is 0 Å². The van der Waals surface area contributed by atoms with E-state index in [1.165, 1.54) is 0 Å². The van der Waals surface area contributed by atoms with Crippen molar-refractivity contribution in [3.63, 3.8) is 0 Å². The number of fused-ring (bicyclic) bond motifs is 1. The molecule has 3 rings (SSSR count). The number of thiazole rings is 1. The van der Waals surface area contributed by atoms with Crippen molar-refractivity contribution in [2.45, 2.75) is 0 Å². The second-order valence-corrected chi connectivity index (χ2v) is 4.90. The maximum atomic E-state index is 5.63. The molecule has 0 atom stereocenters. The summed E-state index contributed by atoms with van der Waals surface area (Å²) in [5.41, 5.74) is 8.40. The average molecular weight is 253 g/mol. The Morgan fingerprint density at radius 1 is 1.06 bits per heavy atom. The minimum atomic E-state index is 0.757. The minimum absolute atomic E-state index is 0.757. The molecule has 1 heterocycles. The van der Waals surface area contributed by atoms with E-state index in [2.05, 4.69) is 16.0 Å². The van der Waals surface area contributed by atoms with Gasteiger partial charge >= 0.3 is 0 Å². The number of hydrogen-bond donors (Lipinski definition) is 1. The standard InChI is InChI=1S/C14H11N3S/c15-11-7-5-10(6-8-11)9-16-14-17-12-3-1-2-4-13(12)18-14/h1-9H,15H2/b16-9+. The SMILES string of the molecule is Nc1ccc(/C=N/c2nc3ccccc3s2)cc1. The smallest absolute Gasteiger partial charge is 0.210 e. The molecule has 0 unspecified atom stereocenters. The first-order valence-electron chi connectivity index (χ1n) is 5.56. The Hall–Kier alpha value is -2.20. The lowest BCUT2D eigenvalue weighted by Crippen LogP contribution is -1.85. The van der Waals surface area contributed by atoms with Crippen LogP contribution in [-0.2, 0) is 0 Å². The maximum Gasteiger partial charge on any atom is 0.210 e. The number of rotatable bonds is 2. The van der Waals surface area contributed by atoms with Crippen molar-refractivity contribution in [2.75, 3.05) is 5.73 Å². The summed E-state index contributed by atoms with van der Waals surface area (Å²) in [4.78, 5) is 8.83. The second-order valence-electron chi connectivity index (χ2n) is 3.89. The van der Waals surface area contributed by atoms with Gasteiger partial charge in [-0.1, -0.05) is 35.6 Å². The van der Waals surface area contributed by atoms with Crippen LogP contribution in [0.3, 0.4) is 0 Å². The van der Waals surface area contributed by atoms with Crippen LogP contribution in [0, 0.1) is 0 Å². The van der Waals surface area contributed by atoms with Crippen LogP contribution in [0.5, 0.6) is 0 Å². The number of nitrogen functional groups attached to an aromatic ring is 1. The number of anilines is 1. The predicted octanol–water partition coefficient (Wildman–Crippen LogP) is 3.63. The molecule has 3 aromatic rings. The molecular weight excluding hydrogens is 242 g/mol. The van der Waals surface area contributed by atoms with Crippen LogP contribution in [-0.4, -0.2) is 11.2 Å². The highest BCUT2D eigenvalue weighted by Gasteiger charge is 2.00. The van der Waals surface area contributed by atoms with E-state index >= 15 is 0 Å². The molecule has 0 aliphatic rings. The van der Waals surface area contributed by atoms with Crippen LogP contribution in [0.25, 0.3) is 10.2 Å². The Bertz CT molecular complexity index is 665. The monoisotopic (exact) mass is 253 g/mol. The van der Waals surface area contributed by atoms with E-state index in [-0.39, 0.29) is 0 Å². The number of para-hydroxylation sites is 1. The molecule has 0 radical (unpaired) electrons. The van der Waals surface area contributed by atoms with Crippen LogP contribution in [0.1, 0.15) is 5.56 Å². The molecular formula is C14H11N3S. The molecule has 4 heteroatoms. The van der Waals surface area contributed by atoms with Gasteiger partial charge in [0, 0.05) is 11.9 Å². The largest absolute Gasteiger partial charge is 0.399 e. The van der Waals surface area contributed by atoms with Gasteiger partial charge in [0.1, 0.15) is 0 Å². The molecule has 88 valence electrons. The van der Waals surface area contributed by atoms with E-state index in [4.69, 9.17) is 5.73 Å². The van der Waals surface area contributed by atoms with Gasteiger partial charge in [-0.15, -0.1) is 0 Å². The van der Waals surface area contributed by atoms with E-state index < -0.39 is 0 Å². The lowest BCUT2D eigenvalue weighted by Gasteiger charge is -1.93. The van der Waals surface area contributed by atoms with Crippen molar-refractivity contribution in [1.29, 1.82) is 0 Å². The quantitative estimate of drug-likeness (QED) is 0.560. The molecule has 3 nitrogen and oxygen atoms in total. The number of benzene rings is 2. The topological polar surface area (TPSA) is 51.3 Å². The van der Waals surface area contributed by atoms with Crippen LogP contribution in [0.15, 0.2) is 53.5 Å². The van der Waals surface area contributed by atoms with Gasteiger partial charge in [-0.25, -0.2) is 9.98 Å². The van der Waals surface area contributed by atoms with E-state index in [1.807, 2.05) is 42.5 Å². The molecule has 0 aliphatic carbocycles. The first kappa shape index (κ1) is 10.9. The molecule has 0 saturated heterocycles. The van der Waals surface area contributed by atoms with Crippen LogP contribution in [0.2, 0.25) is 0 Å². The normalized spacial score (nSPS) is 11.3. The molecule has 1 aromatic heterocycles.